The Hall–Kier alpha value is -2.36. The van der Waals surface area contributed by atoms with Gasteiger partial charge in [0.05, 0.1) is 25.3 Å². The van der Waals surface area contributed by atoms with Gasteiger partial charge in [0.25, 0.3) is 0 Å². The highest BCUT2D eigenvalue weighted by atomic mass is 16.5. The summed E-state index contributed by atoms with van der Waals surface area (Å²) in [5, 5.41) is 0. The Morgan fingerprint density at radius 2 is 2.20 bits per heavy atom. The van der Waals surface area contributed by atoms with E-state index >= 15 is 0 Å². The zero-order valence-corrected chi connectivity index (χ0v) is 15.3. The number of likely N-dealkylation sites (N-methyl/N-ethyl adjacent to an activating group) is 1. The van der Waals surface area contributed by atoms with Crippen LogP contribution in [0.2, 0.25) is 0 Å². The maximum Gasteiger partial charge on any atom is 0.227 e. The van der Waals surface area contributed by atoms with E-state index in [9.17, 15) is 4.79 Å². The van der Waals surface area contributed by atoms with Gasteiger partial charge in [-0.3, -0.25) is 9.78 Å². The first-order valence-corrected chi connectivity index (χ1v) is 9.00. The van der Waals surface area contributed by atoms with Gasteiger partial charge in [0.2, 0.25) is 5.91 Å². The smallest absolute Gasteiger partial charge is 0.227 e. The zero-order chi connectivity index (χ0) is 17.8. The molecule has 1 atom stereocenters. The summed E-state index contributed by atoms with van der Waals surface area (Å²) in [6.07, 6.45) is 5.37. The minimum atomic E-state index is 0.0924. The van der Waals surface area contributed by atoms with Crippen LogP contribution in [0.25, 0.3) is 0 Å². The molecule has 0 bridgehead atoms. The summed E-state index contributed by atoms with van der Waals surface area (Å²) in [6, 6.07) is 10.2. The van der Waals surface area contributed by atoms with E-state index in [1.807, 2.05) is 49.2 Å². The van der Waals surface area contributed by atoms with Gasteiger partial charge >= 0.3 is 0 Å². The summed E-state index contributed by atoms with van der Waals surface area (Å²) >= 11 is 0. The number of rotatable bonds is 5. The number of ether oxygens (including phenoxy) is 1. The third kappa shape index (κ3) is 3.68. The van der Waals surface area contributed by atoms with E-state index in [-0.39, 0.29) is 11.9 Å². The van der Waals surface area contributed by atoms with Crippen molar-refractivity contribution in [1.29, 1.82) is 0 Å². The number of methoxy groups -OCH3 is 1. The highest BCUT2D eigenvalue weighted by molar-refractivity contribution is 5.79. The number of pyridine rings is 1. The topological polar surface area (TPSA) is 42.4 Å². The van der Waals surface area contributed by atoms with Gasteiger partial charge < -0.3 is 9.64 Å². The molecule has 1 aromatic carbocycles. The fraction of sp³-hybridized carbons (Fsp3) is 0.429. The molecule has 1 aliphatic rings. The van der Waals surface area contributed by atoms with E-state index in [1.165, 1.54) is 5.56 Å². The number of amides is 1. The van der Waals surface area contributed by atoms with Crippen molar-refractivity contribution in [3.63, 3.8) is 0 Å². The first-order chi connectivity index (χ1) is 12.1. The maximum atomic E-state index is 13.0. The second kappa shape index (κ2) is 7.68. The van der Waals surface area contributed by atoms with E-state index in [4.69, 9.17) is 4.74 Å². The predicted octanol–water partition coefficient (Wildman–Crippen LogP) is 3.87. The highest BCUT2D eigenvalue weighted by Crippen LogP contribution is 2.33. The third-order valence-corrected chi connectivity index (χ3v) is 5.03. The number of carbonyl (C=O) groups is 1. The molecule has 0 fully saturated rings. The van der Waals surface area contributed by atoms with Gasteiger partial charge in [-0.2, -0.15) is 0 Å². The first kappa shape index (κ1) is 17.5. The molecular formula is C21H26N2O2. The van der Waals surface area contributed by atoms with Crippen LogP contribution in [0.4, 0.5) is 0 Å². The van der Waals surface area contributed by atoms with Crippen LogP contribution in [0, 0.1) is 6.92 Å². The van der Waals surface area contributed by atoms with E-state index in [1.54, 1.807) is 7.11 Å². The number of aryl methyl sites for hydroxylation is 2. The summed E-state index contributed by atoms with van der Waals surface area (Å²) in [5.74, 6) is 0.981. The minimum absolute atomic E-state index is 0.0924. The molecule has 0 N–H and O–H groups in total. The lowest BCUT2D eigenvalue weighted by Crippen LogP contribution is -2.38. The lowest BCUT2D eigenvalue weighted by molar-refractivity contribution is -0.133. The number of hydrogen-bond donors (Lipinski definition) is 0. The molecule has 1 aromatic heterocycles. The second-order valence-corrected chi connectivity index (χ2v) is 6.62. The van der Waals surface area contributed by atoms with Crippen molar-refractivity contribution < 1.29 is 9.53 Å². The Labute approximate surface area is 149 Å². The van der Waals surface area contributed by atoms with Gasteiger partial charge in [0, 0.05) is 12.7 Å². The standard InChI is InChI=1S/C21H26N2O2/c1-4-23(18-9-5-7-17-8-6-12-22-21(17)18)20(24)14-16-11-10-15(2)19(13-16)25-3/h6,8,10-13,18H,4-5,7,9,14H2,1-3H3/t18-/m0/s1. The molecule has 0 spiro atoms. The van der Waals surface area contributed by atoms with Crippen LogP contribution < -0.4 is 4.74 Å². The molecule has 0 aliphatic heterocycles. The van der Waals surface area contributed by atoms with Crippen molar-refractivity contribution in [1.82, 2.24) is 9.88 Å². The van der Waals surface area contributed by atoms with Crippen molar-refractivity contribution in [3.8, 4) is 5.75 Å². The van der Waals surface area contributed by atoms with Crippen LogP contribution >= 0.6 is 0 Å². The molecule has 0 radical (unpaired) electrons. The Morgan fingerprint density at radius 3 is 2.96 bits per heavy atom. The first-order valence-electron chi connectivity index (χ1n) is 9.00. The molecule has 0 saturated carbocycles. The van der Waals surface area contributed by atoms with E-state index in [0.29, 0.717) is 13.0 Å². The SMILES string of the molecule is CCN(C(=O)Cc1ccc(C)c(OC)c1)[C@H]1CCCc2cccnc21. The van der Waals surface area contributed by atoms with E-state index in [2.05, 4.69) is 11.1 Å². The molecular weight excluding hydrogens is 312 g/mol. The summed E-state index contributed by atoms with van der Waals surface area (Å²) in [6.45, 7) is 4.75. The van der Waals surface area contributed by atoms with Crippen molar-refractivity contribution in [3.05, 3.63) is 58.9 Å². The maximum absolute atomic E-state index is 13.0. The van der Waals surface area contributed by atoms with Crippen LogP contribution in [-0.2, 0) is 17.6 Å². The van der Waals surface area contributed by atoms with Crippen molar-refractivity contribution in [2.45, 2.75) is 45.6 Å². The average molecular weight is 338 g/mol. The fourth-order valence-electron chi connectivity index (χ4n) is 3.71. The third-order valence-electron chi connectivity index (χ3n) is 5.03. The largest absolute Gasteiger partial charge is 0.496 e. The van der Waals surface area contributed by atoms with Crippen molar-refractivity contribution in [2.75, 3.05) is 13.7 Å². The Kier molecular flexibility index (Phi) is 5.37. The lowest BCUT2D eigenvalue weighted by Gasteiger charge is -2.34. The zero-order valence-electron chi connectivity index (χ0n) is 15.3. The summed E-state index contributed by atoms with van der Waals surface area (Å²) in [5.41, 5.74) is 4.42. The van der Waals surface area contributed by atoms with Gasteiger partial charge in [0.15, 0.2) is 0 Å². The minimum Gasteiger partial charge on any atom is -0.496 e. The molecule has 2 aromatic rings. The van der Waals surface area contributed by atoms with Crippen LogP contribution in [0.5, 0.6) is 5.75 Å². The molecule has 4 heteroatoms. The van der Waals surface area contributed by atoms with Crippen LogP contribution in [0.3, 0.4) is 0 Å². The molecule has 3 rings (SSSR count). The van der Waals surface area contributed by atoms with Gasteiger partial charge in [0.1, 0.15) is 5.75 Å². The Bertz CT molecular complexity index is 757. The number of carbonyl (C=O) groups excluding carboxylic acids is 1. The molecule has 132 valence electrons. The van der Waals surface area contributed by atoms with Crippen LogP contribution in [0.15, 0.2) is 36.5 Å². The Morgan fingerprint density at radius 1 is 1.36 bits per heavy atom. The second-order valence-electron chi connectivity index (χ2n) is 6.62. The van der Waals surface area contributed by atoms with Gasteiger partial charge in [-0.05, 0) is 61.9 Å². The molecule has 1 heterocycles. The monoisotopic (exact) mass is 338 g/mol. The summed E-state index contributed by atoms with van der Waals surface area (Å²) < 4.78 is 5.38. The predicted molar refractivity (Wildman–Crippen MR) is 98.7 cm³/mol. The van der Waals surface area contributed by atoms with Crippen LogP contribution in [-0.4, -0.2) is 29.4 Å². The molecule has 0 unspecified atom stereocenters. The fourth-order valence-corrected chi connectivity index (χ4v) is 3.71. The molecule has 0 saturated heterocycles. The number of benzene rings is 1. The molecule has 25 heavy (non-hydrogen) atoms. The molecule has 1 amide bonds. The van der Waals surface area contributed by atoms with Gasteiger partial charge in [-0.25, -0.2) is 0 Å². The highest BCUT2D eigenvalue weighted by Gasteiger charge is 2.29. The quantitative estimate of drug-likeness (QED) is 0.831. The van der Waals surface area contributed by atoms with E-state index < -0.39 is 0 Å². The normalized spacial score (nSPS) is 16.2. The number of hydrogen-bond acceptors (Lipinski definition) is 3. The molecule has 1 aliphatic carbocycles. The average Bonchev–Trinajstić information content (AvgIpc) is 2.64. The summed E-state index contributed by atoms with van der Waals surface area (Å²) in [7, 11) is 1.66. The van der Waals surface area contributed by atoms with Crippen molar-refractivity contribution >= 4 is 5.91 Å². The Balaban J connectivity index is 1.81. The van der Waals surface area contributed by atoms with E-state index in [0.717, 1.165) is 41.8 Å². The molecule has 4 nitrogen and oxygen atoms in total. The number of aromatic nitrogens is 1. The lowest BCUT2D eigenvalue weighted by atomic mass is 9.90. The summed E-state index contributed by atoms with van der Waals surface area (Å²) in [4.78, 5) is 19.6. The van der Waals surface area contributed by atoms with Gasteiger partial charge in [-0.15, -0.1) is 0 Å². The number of fused-ring (bicyclic) bond motifs is 1. The number of nitrogens with zero attached hydrogens (tertiary/aromatic N) is 2. The van der Waals surface area contributed by atoms with Gasteiger partial charge in [-0.1, -0.05) is 18.2 Å². The van der Waals surface area contributed by atoms with Crippen molar-refractivity contribution in [2.24, 2.45) is 0 Å². The van der Waals surface area contributed by atoms with Crippen LogP contribution in [0.1, 0.15) is 48.2 Å².